The van der Waals surface area contributed by atoms with Crippen molar-refractivity contribution in [1.29, 1.82) is 0 Å². The van der Waals surface area contributed by atoms with Crippen molar-refractivity contribution in [2.24, 2.45) is 0 Å². The van der Waals surface area contributed by atoms with Crippen molar-refractivity contribution in [3.05, 3.63) is 131 Å². The van der Waals surface area contributed by atoms with Crippen LogP contribution in [0.15, 0.2) is 114 Å². The Morgan fingerprint density at radius 3 is 1.92 bits per heavy atom. The maximum atomic E-state index is 13.7. The first-order chi connectivity index (χ1) is 17.8. The van der Waals surface area contributed by atoms with E-state index in [1.807, 2.05) is 73.7 Å². The molecular formula is C31H32N2O3S. The van der Waals surface area contributed by atoms with E-state index in [9.17, 15) is 13.2 Å². The predicted molar refractivity (Wildman–Crippen MR) is 149 cm³/mol. The van der Waals surface area contributed by atoms with Gasteiger partial charge in [0.2, 0.25) is 5.91 Å². The number of carbonyl (C=O) groups is 1. The summed E-state index contributed by atoms with van der Waals surface area (Å²) in [6.45, 7) is 5.81. The maximum absolute atomic E-state index is 13.7. The molecule has 0 aliphatic carbocycles. The van der Waals surface area contributed by atoms with Crippen molar-refractivity contribution in [3.63, 3.8) is 0 Å². The predicted octanol–water partition coefficient (Wildman–Crippen LogP) is 6.22. The van der Waals surface area contributed by atoms with E-state index in [-0.39, 0.29) is 11.4 Å². The highest BCUT2D eigenvalue weighted by Crippen LogP contribution is 2.28. The van der Waals surface area contributed by atoms with Gasteiger partial charge in [-0.15, -0.1) is 0 Å². The van der Waals surface area contributed by atoms with E-state index in [1.54, 1.807) is 42.5 Å². The Labute approximate surface area is 219 Å². The Kier molecular flexibility index (Phi) is 8.09. The summed E-state index contributed by atoms with van der Waals surface area (Å²) < 4.78 is 28.6. The van der Waals surface area contributed by atoms with E-state index in [2.05, 4.69) is 19.2 Å². The molecule has 1 amide bonds. The lowest BCUT2D eigenvalue weighted by molar-refractivity contribution is -0.120. The molecule has 5 nitrogen and oxygen atoms in total. The minimum Gasteiger partial charge on any atom is -0.344 e. The molecule has 1 atom stereocenters. The van der Waals surface area contributed by atoms with Crippen LogP contribution >= 0.6 is 0 Å². The van der Waals surface area contributed by atoms with Gasteiger partial charge in [-0.2, -0.15) is 0 Å². The van der Waals surface area contributed by atoms with E-state index in [0.29, 0.717) is 11.6 Å². The molecule has 6 heteroatoms. The number of carbonyl (C=O) groups excluding carboxylic acids is 1. The number of nitrogens with zero attached hydrogens (tertiary/aromatic N) is 1. The van der Waals surface area contributed by atoms with Crippen LogP contribution in [0.4, 0.5) is 5.69 Å². The van der Waals surface area contributed by atoms with Crippen LogP contribution in [0, 0.1) is 6.92 Å². The lowest BCUT2D eigenvalue weighted by Crippen LogP contribution is -2.42. The Hall–Kier alpha value is -3.90. The largest absolute Gasteiger partial charge is 0.344 e. The third-order valence-electron chi connectivity index (χ3n) is 6.40. The van der Waals surface area contributed by atoms with Crippen LogP contribution in [0.25, 0.3) is 0 Å². The van der Waals surface area contributed by atoms with Crippen LogP contribution in [-0.2, 0) is 14.8 Å². The normalized spacial score (nSPS) is 12.2. The molecule has 4 aromatic rings. The van der Waals surface area contributed by atoms with Crippen molar-refractivity contribution >= 4 is 21.6 Å². The lowest BCUT2D eigenvalue weighted by atomic mass is 9.95. The number of aryl methyl sites for hydroxylation is 1. The average molecular weight is 513 g/mol. The minimum atomic E-state index is -3.98. The van der Waals surface area contributed by atoms with Gasteiger partial charge in [0.1, 0.15) is 6.54 Å². The Bertz CT molecular complexity index is 1440. The average Bonchev–Trinajstić information content (AvgIpc) is 2.92. The maximum Gasteiger partial charge on any atom is 0.264 e. The van der Waals surface area contributed by atoms with Gasteiger partial charge in [-0.3, -0.25) is 9.10 Å². The van der Waals surface area contributed by atoms with Crippen LogP contribution in [-0.4, -0.2) is 20.9 Å². The summed E-state index contributed by atoms with van der Waals surface area (Å²) >= 11 is 0. The van der Waals surface area contributed by atoms with E-state index >= 15 is 0 Å². The number of amides is 1. The quantitative estimate of drug-likeness (QED) is 0.290. The first kappa shape index (κ1) is 26.2. The molecule has 1 N–H and O–H groups in total. The van der Waals surface area contributed by atoms with Crippen molar-refractivity contribution in [3.8, 4) is 0 Å². The molecule has 37 heavy (non-hydrogen) atoms. The molecule has 0 aliphatic heterocycles. The Morgan fingerprint density at radius 2 is 1.32 bits per heavy atom. The van der Waals surface area contributed by atoms with Crippen molar-refractivity contribution in [2.75, 3.05) is 10.8 Å². The van der Waals surface area contributed by atoms with E-state index in [1.165, 1.54) is 4.31 Å². The number of nitrogens with one attached hydrogen (secondary N) is 1. The number of rotatable bonds is 9. The molecule has 0 heterocycles. The van der Waals surface area contributed by atoms with Crippen LogP contribution < -0.4 is 9.62 Å². The summed E-state index contributed by atoms with van der Waals surface area (Å²) in [7, 11) is -3.98. The zero-order valence-corrected chi connectivity index (χ0v) is 22.2. The molecule has 0 aromatic heterocycles. The smallest absolute Gasteiger partial charge is 0.264 e. The molecule has 190 valence electrons. The van der Waals surface area contributed by atoms with Gasteiger partial charge in [0.25, 0.3) is 10.0 Å². The molecule has 4 rings (SSSR count). The summed E-state index contributed by atoms with van der Waals surface area (Å²) in [5, 5.41) is 3.10. The first-order valence-corrected chi connectivity index (χ1v) is 13.8. The highest BCUT2D eigenvalue weighted by Gasteiger charge is 2.28. The fraction of sp³-hybridized carbons (Fsp3) is 0.194. The third kappa shape index (κ3) is 6.09. The minimum absolute atomic E-state index is 0.134. The molecule has 0 unspecified atom stereocenters. The van der Waals surface area contributed by atoms with Gasteiger partial charge in [0, 0.05) is 0 Å². The first-order valence-electron chi connectivity index (χ1n) is 12.3. The highest BCUT2D eigenvalue weighted by atomic mass is 32.2. The van der Waals surface area contributed by atoms with Crippen LogP contribution in [0.3, 0.4) is 0 Å². The molecule has 0 saturated heterocycles. The number of hydrogen-bond donors (Lipinski definition) is 1. The summed E-state index contributed by atoms with van der Waals surface area (Å²) in [4.78, 5) is 13.7. The van der Waals surface area contributed by atoms with Gasteiger partial charge in [0.15, 0.2) is 0 Å². The van der Waals surface area contributed by atoms with Crippen molar-refractivity contribution in [2.45, 2.75) is 37.6 Å². The van der Waals surface area contributed by atoms with Crippen LogP contribution in [0.2, 0.25) is 0 Å². The lowest BCUT2D eigenvalue weighted by Gasteiger charge is -2.27. The zero-order chi connectivity index (χ0) is 26.4. The van der Waals surface area contributed by atoms with Gasteiger partial charge in [0.05, 0.1) is 16.6 Å². The van der Waals surface area contributed by atoms with Gasteiger partial charge in [-0.05, 0) is 59.4 Å². The fourth-order valence-electron chi connectivity index (χ4n) is 4.29. The zero-order valence-electron chi connectivity index (χ0n) is 21.3. The molecule has 0 aliphatic rings. The van der Waals surface area contributed by atoms with Gasteiger partial charge in [-0.1, -0.05) is 98.8 Å². The molecule has 0 radical (unpaired) electrons. The fourth-order valence-corrected chi connectivity index (χ4v) is 5.74. The second kappa shape index (κ2) is 11.4. The summed E-state index contributed by atoms with van der Waals surface area (Å²) in [6.07, 6.45) is 0. The third-order valence-corrected chi connectivity index (χ3v) is 8.19. The molecule has 4 aromatic carbocycles. The SMILES string of the molecule is Cc1ccccc1[C@H](NC(=O)CN(c1ccc(C(C)C)cc1)S(=O)(=O)c1ccccc1)c1ccccc1. The number of hydrogen-bond acceptors (Lipinski definition) is 3. The van der Waals surface area contributed by atoms with Crippen LogP contribution in [0.1, 0.15) is 48.1 Å². The van der Waals surface area contributed by atoms with E-state index < -0.39 is 22.0 Å². The monoisotopic (exact) mass is 512 g/mol. The molecular weight excluding hydrogens is 480 g/mol. The Morgan fingerprint density at radius 1 is 0.757 bits per heavy atom. The molecule has 0 saturated carbocycles. The van der Waals surface area contributed by atoms with Crippen molar-refractivity contribution in [1.82, 2.24) is 5.32 Å². The highest BCUT2D eigenvalue weighted by molar-refractivity contribution is 7.92. The van der Waals surface area contributed by atoms with Gasteiger partial charge >= 0.3 is 0 Å². The Balaban J connectivity index is 1.69. The second-order valence-electron chi connectivity index (χ2n) is 9.34. The molecule has 0 bridgehead atoms. The van der Waals surface area contributed by atoms with Crippen LogP contribution in [0.5, 0.6) is 0 Å². The van der Waals surface area contributed by atoms with Gasteiger partial charge < -0.3 is 5.32 Å². The van der Waals surface area contributed by atoms with E-state index in [4.69, 9.17) is 0 Å². The second-order valence-corrected chi connectivity index (χ2v) is 11.2. The summed E-state index contributed by atoms with van der Waals surface area (Å²) in [5.74, 6) is -0.0955. The number of sulfonamides is 1. The van der Waals surface area contributed by atoms with Crippen molar-refractivity contribution < 1.29 is 13.2 Å². The van der Waals surface area contributed by atoms with Gasteiger partial charge in [-0.25, -0.2) is 8.42 Å². The molecule has 0 fully saturated rings. The number of benzene rings is 4. The van der Waals surface area contributed by atoms with E-state index in [0.717, 1.165) is 22.3 Å². The summed E-state index contributed by atoms with van der Waals surface area (Å²) in [6, 6.07) is 32.7. The summed E-state index contributed by atoms with van der Waals surface area (Å²) in [5.41, 5.74) is 4.45. The standard InChI is InChI=1S/C31H32N2O3S/c1-23(2)25-18-20-27(21-19-25)33(37(35,36)28-15-8-5-9-16-28)22-30(34)32-31(26-13-6-4-7-14-26)29-17-11-10-12-24(29)3/h4-21,23,31H,22H2,1-3H3,(H,32,34)/t31-/m1/s1. The number of anilines is 1. The topological polar surface area (TPSA) is 66.5 Å². The molecule has 0 spiro atoms.